The first-order valence-electron chi connectivity index (χ1n) is 8.05. The molecular weight excluding hydrogens is 360 g/mol. The van der Waals surface area contributed by atoms with E-state index in [2.05, 4.69) is 10.0 Å². The molecule has 0 bridgehead atoms. The summed E-state index contributed by atoms with van der Waals surface area (Å²) in [5.74, 6) is -0.243. The molecule has 134 valence electrons. The smallest absolute Gasteiger partial charge is 0.251 e. The van der Waals surface area contributed by atoms with Gasteiger partial charge < -0.3 is 5.32 Å². The molecule has 0 aliphatic rings. The van der Waals surface area contributed by atoms with Crippen molar-refractivity contribution >= 4 is 27.5 Å². The van der Waals surface area contributed by atoms with Crippen LogP contribution in [0.15, 0.2) is 53.4 Å². The minimum Gasteiger partial charge on any atom is -0.352 e. The zero-order valence-corrected chi connectivity index (χ0v) is 15.5. The molecular formula is C18H21ClN2O3S. The molecule has 0 atom stereocenters. The summed E-state index contributed by atoms with van der Waals surface area (Å²) >= 11 is 5.92. The predicted octanol–water partition coefficient (Wildman–Crippen LogP) is 3.00. The van der Waals surface area contributed by atoms with E-state index < -0.39 is 10.0 Å². The molecule has 0 aliphatic heterocycles. The third kappa shape index (κ3) is 5.85. The molecule has 0 saturated carbocycles. The second-order valence-corrected chi connectivity index (χ2v) is 7.76. The second-order valence-electron chi connectivity index (χ2n) is 5.56. The zero-order valence-electron chi connectivity index (χ0n) is 14.0. The van der Waals surface area contributed by atoms with Crippen molar-refractivity contribution < 1.29 is 13.2 Å². The van der Waals surface area contributed by atoms with Gasteiger partial charge in [0.1, 0.15) is 0 Å². The standard InChI is InChI=1S/C18H21ClN2O3S/c1-2-11-21-25(23,24)17-8-6-15(7-9-17)18(22)20-12-10-14-4-3-5-16(19)13-14/h3-9,13,21H,2,10-12H2,1H3,(H,20,22). The van der Waals surface area contributed by atoms with E-state index in [1.54, 1.807) is 6.07 Å². The molecule has 0 heterocycles. The van der Waals surface area contributed by atoms with Crippen molar-refractivity contribution in [1.82, 2.24) is 10.0 Å². The third-order valence-electron chi connectivity index (χ3n) is 3.56. The van der Waals surface area contributed by atoms with Gasteiger partial charge in [0.2, 0.25) is 10.0 Å². The van der Waals surface area contributed by atoms with Gasteiger partial charge in [-0.2, -0.15) is 0 Å². The number of halogens is 1. The van der Waals surface area contributed by atoms with Crippen LogP contribution in [-0.2, 0) is 16.4 Å². The Hall–Kier alpha value is -1.89. The zero-order chi connectivity index (χ0) is 18.3. The van der Waals surface area contributed by atoms with Gasteiger partial charge in [0.25, 0.3) is 5.91 Å². The van der Waals surface area contributed by atoms with Crippen molar-refractivity contribution in [3.63, 3.8) is 0 Å². The Labute approximate surface area is 153 Å². The van der Waals surface area contributed by atoms with Crippen LogP contribution in [0.25, 0.3) is 0 Å². The summed E-state index contributed by atoms with van der Waals surface area (Å²) in [6.45, 7) is 2.74. The molecule has 0 aromatic heterocycles. The van der Waals surface area contributed by atoms with Crippen LogP contribution >= 0.6 is 11.6 Å². The molecule has 2 aromatic rings. The fourth-order valence-electron chi connectivity index (χ4n) is 2.22. The lowest BCUT2D eigenvalue weighted by molar-refractivity contribution is 0.0954. The maximum atomic E-state index is 12.1. The molecule has 1 amide bonds. The highest BCUT2D eigenvalue weighted by Crippen LogP contribution is 2.12. The van der Waals surface area contributed by atoms with Gasteiger partial charge >= 0.3 is 0 Å². The fraction of sp³-hybridized carbons (Fsp3) is 0.278. The Balaban J connectivity index is 1.92. The molecule has 2 N–H and O–H groups in total. The summed E-state index contributed by atoms with van der Waals surface area (Å²) in [4.78, 5) is 12.3. The van der Waals surface area contributed by atoms with Crippen molar-refractivity contribution in [2.24, 2.45) is 0 Å². The first-order valence-corrected chi connectivity index (χ1v) is 9.91. The van der Waals surface area contributed by atoms with E-state index in [1.165, 1.54) is 24.3 Å². The van der Waals surface area contributed by atoms with E-state index in [1.807, 2.05) is 25.1 Å². The molecule has 25 heavy (non-hydrogen) atoms. The monoisotopic (exact) mass is 380 g/mol. The van der Waals surface area contributed by atoms with E-state index in [4.69, 9.17) is 11.6 Å². The van der Waals surface area contributed by atoms with Gasteiger partial charge in [0.05, 0.1) is 4.90 Å². The SMILES string of the molecule is CCCNS(=O)(=O)c1ccc(C(=O)NCCc2cccc(Cl)c2)cc1. The van der Waals surface area contributed by atoms with Crippen molar-refractivity contribution in [2.75, 3.05) is 13.1 Å². The lowest BCUT2D eigenvalue weighted by Crippen LogP contribution is -2.26. The van der Waals surface area contributed by atoms with Gasteiger partial charge in [-0.1, -0.05) is 30.7 Å². The lowest BCUT2D eigenvalue weighted by atomic mass is 10.1. The molecule has 0 aliphatic carbocycles. The second kappa shape index (κ2) is 8.99. The average Bonchev–Trinajstić information content (AvgIpc) is 2.60. The van der Waals surface area contributed by atoms with Crippen molar-refractivity contribution in [2.45, 2.75) is 24.7 Å². The average molecular weight is 381 g/mol. The number of hydrogen-bond acceptors (Lipinski definition) is 3. The van der Waals surface area contributed by atoms with Crippen LogP contribution in [0.1, 0.15) is 29.3 Å². The first kappa shape index (κ1) is 19.4. The third-order valence-corrected chi connectivity index (χ3v) is 5.27. The van der Waals surface area contributed by atoms with Gasteiger partial charge in [-0.3, -0.25) is 4.79 Å². The van der Waals surface area contributed by atoms with Crippen LogP contribution in [0, 0.1) is 0 Å². The highest BCUT2D eigenvalue weighted by Gasteiger charge is 2.14. The Morgan fingerprint density at radius 2 is 1.80 bits per heavy atom. The Morgan fingerprint density at radius 1 is 1.08 bits per heavy atom. The minimum atomic E-state index is -3.52. The van der Waals surface area contributed by atoms with Gasteiger partial charge in [-0.15, -0.1) is 0 Å². The summed E-state index contributed by atoms with van der Waals surface area (Å²) in [6.07, 6.45) is 1.38. The highest BCUT2D eigenvalue weighted by molar-refractivity contribution is 7.89. The number of carbonyl (C=O) groups is 1. The highest BCUT2D eigenvalue weighted by atomic mass is 35.5. The van der Waals surface area contributed by atoms with Crippen LogP contribution in [0.2, 0.25) is 5.02 Å². The maximum absolute atomic E-state index is 12.1. The van der Waals surface area contributed by atoms with Crippen LogP contribution in [0.3, 0.4) is 0 Å². The van der Waals surface area contributed by atoms with Crippen molar-refractivity contribution in [1.29, 1.82) is 0 Å². The summed E-state index contributed by atoms with van der Waals surface area (Å²) in [5.41, 5.74) is 1.46. The molecule has 0 spiro atoms. The molecule has 5 nitrogen and oxygen atoms in total. The number of sulfonamides is 1. The first-order chi connectivity index (χ1) is 11.9. The summed E-state index contributed by atoms with van der Waals surface area (Å²) in [6, 6.07) is 13.4. The Bertz CT molecular complexity index is 820. The van der Waals surface area contributed by atoms with Crippen LogP contribution in [0.5, 0.6) is 0 Å². The largest absolute Gasteiger partial charge is 0.352 e. The minimum absolute atomic E-state index is 0.149. The van der Waals surface area contributed by atoms with Crippen LogP contribution in [0.4, 0.5) is 0 Å². The number of benzene rings is 2. The van der Waals surface area contributed by atoms with Gasteiger partial charge in [0, 0.05) is 23.7 Å². The van der Waals surface area contributed by atoms with Crippen LogP contribution < -0.4 is 10.0 Å². The van der Waals surface area contributed by atoms with Gasteiger partial charge in [0.15, 0.2) is 0 Å². The topological polar surface area (TPSA) is 75.3 Å². The predicted molar refractivity (Wildman–Crippen MR) is 99.4 cm³/mol. The molecule has 0 unspecified atom stereocenters. The number of hydrogen-bond donors (Lipinski definition) is 2. The van der Waals surface area contributed by atoms with Gasteiger partial charge in [-0.05, 0) is 54.8 Å². The van der Waals surface area contributed by atoms with E-state index in [0.717, 1.165) is 5.56 Å². The quantitative estimate of drug-likeness (QED) is 0.739. The Morgan fingerprint density at radius 3 is 2.44 bits per heavy atom. The molecule has 2 rings (SSSR count). The fourth-order valence-corrected chi connectivity index (χ4v) is 3.57. The van der Waals surface area contributed by atoms with Gasteiger partial charge in [-0.25, -0.2) is 13.1 Å². The molecule has 2 aromatic carbocycles. The summed E-state index contributed by atoms with van der Waals surface area (Å²) in [5, 5.41) is 3.48. The lowest BCUT2D eigenvalue weighted by Gasteiger charge is -2.08. The molecule has 0 fully saturated rings. The molecule has 0 radical (unpaired) electrons. The van der Waals surface area contributed by atoms with E-state index >= 15 is 0 Å². The van der Waals surface area contributed by atoms with Crippen molar-refractivity contribution in [3.05, 3.63) is 64.7 Å². The number of carbonyl (C=O) groups excluding carboxylic acids is 1. The van der Waals surface area contributed by atoms with E-state index in [0.29, 0.717) is 36.5 Å². The number of nitrogens with one attached hydrogen (secondary N) is 2. The normalized spacial score (nSPS) is 11.3. The van der Waals surface area contributed by atoms with Crippen LogP contribution in [-0.4, -0.2) is 27.4 Å². The summed E-state index contributed by atoms with van der Waals surface area (Å²) < 4.78 is 26.5. The number of amides is 1. The molecule has 0 saturated heterocycles. The number of rotatable bonds is 8. The molecule has 7 heteroatoms. The van der Waals surface area contributed by atoms with E-state index in [9.17, 15) is 13.2 Å². The summed E-state index contributed by atoms with van der Waals surface area (Å²) in [7, 11) is -3.52. The maximum Gasteiger partial charge on any atom is 0.251 e. The van der Waals surface area contributed by atoms with Crippen molar-refractivity contribution in [3.8, 4) is 0 Å². The van der Waals surface area contributed by atoms with E-state index in [-0.39, 0.29) is 10.8 Å². The Kier molecular flexibility index (Phi) is 6.99.